The molecule has 1 atom stereocenters. The van der Waals surface area contributed by atoms with Crippen LogP contribution in [0.15, 0.2) is 0 Å². The fourth-order valence-corrected chi connectivity index (χ4v) is 4.24. The quantitative estimate of drug-likeness (QED) is 0.791. The maximum atomic E-state index is 12.4. The molecule has 0 radical (unpaired) electrons. The molecule has 3 heterocycles. The van der Waals surface area contributed by atoms with E-state index in [-0.39, 0.29) is 29.9 Å². The van der Waals surface area contributed by atoms with Gasteiger partial charge < -0.3 is 15.4 Å². The van der Waals surface area contributed by atoms with Gasteiger partial charge in [-0.3, -0.25) is 9.59 Å². The molecule has 144 valence electrons. The van der Waals surface area contributed by atoms with E-state index in [1.165, 1.54) is 0 Å². The van der Waals surface area contributed by atoms with Crippen LogP contribution in [0, 0.1) is 5.41 Å². The van der Waals surface area contributed by atoms with Gasteiger partial charge in [-0.25, -0.2) is 4.68 Å². The lowest BCUT2D eigenvalue weighted by atomic mass is 9.92. The number of aromatic nitrogens is 2. The highest BCUT2D eigenvalue weighted by atomic mass is 32.2. The standard InChI is InChI=1S/C18H28N4O3S/c1-18(2,3)7-15(23)20-17-13-10-26-11-14(13)21-22(17)9-16(24)19-8-12-5-4-6-25-12/h12H,4-11H2,1-3H3,(H,19,24)(H,20,23). The maximum absolute atomic E-state index is 12.4. The molecule has 2 aliphatic heterocycles. The van der Waals surface area contributed by atoms with Gasteiger partial charge in [-0.2, -0.15) is 16.9 Å². The van der Waals surface area contributed by atoms with E-state index in [1.54, 1.807) is 16.4 Å². The van der Waals surface area contributed by atoms with Gasteiger partial charge in [0.05, 0.1) is 11.8 Å². The lowest BCUT2D eigenvalue weighted by molar-refractivity contribution is -0.122. The van der Waals surface area contributed by atoms with Crippen LogP contribution in [-0.4, -0.2) is 40.9 Å². The average Bonchev–Trinajstić information content (AvgIpc) is 3.23. The summed E-state index contributed by atoms with van der Waals surface area (Å²) in [5.41, 5.74) is 1.92. The molecule has 1 aromatic heterocycles. The molecule has 26 heavy (non-hydrogen) atoms. The minimum Gasteiger partial charge on any atom is -0.376 e. The van der Waals surface area contributed by atoms with Crippen molar-refractivity contribution in [2.45, 2.75) is 64.2 Å². The number of carbonyl (C=O) groups is 2. The molecular formula is C18H28N4O3S. The Labute approximate surface area is 158 Å². The fourth-order valence-electron chi connectivity index (χ4n) is 3.20. The second-order valence-corrected chi connectivity index (χ2v) is 9.13. The summed E-state index contributed by atoms with van der Waals surface area (Å²) < 4.78 is 7.16. The van der Waals surface area contributed by atoms with Gasteiger partial charge in [0.2, 0.25) is 11.8 Å². The maximum Gasteiger partial charge on any atom is 0.241 e. The number of fused-ring (bicyclic) bond motifs is 1. The average molecular weight is 381 g/mol. The molecule has 2 amide bonds. The molecule has 0 aliphatic carbocycles. The number of hydrogen-bond donors (Lipinski definition) is 2. The third-order valence-corrected chi connectivity index (χ3v) is 5.38. The predicted molar refractivity (Wildman–Crippen MR) is 102 cm³/mol. The number of rotatable bonds is 6. The number of anilines is 1. The van der Waals surface area contributed by atoms with Crippen LogP contribution in [0.3, 0.4) is 0 Å². The first-order chi connectivity index (χ1) is 12.3. The Morgan fingerprint density at radius 2 is 2.12 bits per heavy atom. The van der Waals surface area contributed by atoms with Gasteiger partial charge in [-0.1, -0.05) is 20.8 Å². The summed E-state index contributed by atoms with van der Waals surface area (Å²) in [6.45, 7) is 7.50. The third-order valence-electron chi connectivity index (χ3n) is 4.41. The van der Waals surface area contributed by atoms with Crippen molar-refractivity contribution in [2.24, 2.45) is 5.41 Å². The largest absolute Gasteiger partial charge is 0.376 e. The first-order valence-corrected chi connectivity index (χ1v) is 10.3. The minimum atomic E-state index is -0.111. The molecule has 7 nitrogen and oxygen atoms in total. The minimum absolute atomic E-state index is 0.0434. The molecule has 8 heteroatoms. The second-order valence-electron chi connectivity index (χ2n) is 8.15. The Morgan fingerprint density at radius 3 is 2.81 bits per heavy atom. The van der Waals surface area contributed by atoms with E-state index in [9.17, 15) is 9.59 Å². The Morgan fingerprint density at radius 1 is 1.31 bits per heavy atom. The zero-order valence-corrected chi connectivity index (χ0v) is 16.6. The van der Waals surface area contributed by atoms with Gasteiger partial charge in [-0.05, 0) is 18.3 Å². The zero-order valence-electron chi connectivity index (χ0n) is 15.8. The van der Waals surface area contributed by atoms with E-state index < -0.39 is 0 Å². The number of hydrogen-bond acceptors (Lipinski definition) is 5. The van der Waals surface area contributed by atoms with Crippen LogP contribution < -0.4 is 10.6 Å². The third kappa shape index (κ3) is 5.01. The first-order valence-electron chi connectivity index (χ1n) is 9.16. The molecule has 0 bridgehead atoms. The molecule has 2 N–H and O–H groups in total. The molecule has 0 saturated carbocycles. The van der Waals surface area contributed by atoms with E-state index in [4.69, 9.17) is 4.74 Å². The summed E-state index contributed by atoms with van der Waals surface area (Å²) in [6, 6.07) is 0. The van der Waals surface area contributed by atoms with Crippen LogP contribution >= 0.6 is 11.8 Å². The SMILES string of the molecule is CC(C)(C)CC(=O)Nc1c2c(nn1CC(=O)NCC1CCCO1)CSC2. The molecule has 1 saturated heterocycles. The van der Waals surface area contributed by atoms with Crippen molar-refractivity contribution >= 4 is 29.4 Å². The van der Waals surface area contributed by atoms with Crippen molar-refractivity contribution in [1.29, 1.82) is 0 Å². The monoisotopic (exact) mass is 380 g/mol. The van der Waals surface area contributed by atoms with Crippen LogP contribution in [0.5, 0.6) is 0 Å². The van der Waals surface area contributed by atoms with Crippen molar-refractivity contribution in [1.82, 2.24) is 15.1 Å². The summed E-state index contributed by atoms with van der Waals surface area (Å²) in [5, 5.41) is 10.5. The van der Waals surface area contributed by atoms with Crippen molar-refractivity contribution in [3.8, 4) is 0 Å². The lowest BCUT2D eigenvalue weighted by Gasteiger charge is -2.18. The van der Waals surface area contributed by atoms with E-state index in [0.29, 0.717) is 18.8 Å². The normalized spacial score (nSPS) is 19.4. The van der Waals surface area contributed by atoms with Gasteiger partial charge in [0.1, 0.15) is 12.4 Å². The lowest BCUT2D eigenvalue weighted by Crippen LogP contribution is -2.34. The highest BCUT2D eigenvalue weighted by Gasteiger charge is 2.26. The highest BCUT2D eigenvalue weighted by Crippen LogP contribution is 2.35. The van der Waals surface area contributed by atoms with Crippen LogP contribution in [0.4, 0.5) is 5.82 Å². The van der Waals surface area contributed by atoms with E-state index >= 15 is 0 Å². The number of carbonyl (C=O) groups excluding carboxylic acids is 2. The molecule has 3 rings (SSSR count). The second kappa shape index (κ2) is 8.00. The molecular weight excluding hydrogens is 352 g/mol. The molecule has 0 spiro atoms. The summed E-state index contributed by atoms with van der Waals surface area (Å²) in [7, 11) is 0. The van der Waals surface area contributed by atoms with Crippen molar-refractivity contribution in [2.75, 3.05) is 18.5 Å². The van der Waals surface area contributed by atoms with Crippen molar-refractivity contribution < 1.29 is 14.3 Å². The van der Waals surface area contributed by atoms with Crippen LogP contribution in [0.1, 0.15) is 51.3 Å². The van der Waals surface area contributed by atoms with Gasteiger partial charge >= 0.3 is 0 Å². The van der Waals surface area contributed by atoms with Gasteiger partial charge in [0.15, 0.2) is 0 Å². The number of nitrogens with one attached hydrogen (secondary N) is 2. The van der Waals surface area contributed by atoms with E-state index in [1.807, 2.05) is 20.8 Å². The number of nitrogens with zero attached hydrogens (tertiary/aromatic N) is 2. The molecule has 1 unspecified atom stereocenters. The molecule has 1 fully saturated rings. The highest BCUT2D eigenvalue weighted by molar-refractivity contribution is 7.98. The Hall–Kier alpha value is -1.54. The van der Waals surface area contributed by atoms with Crippen LogP contribution in [-0.2, 0) is 32.4 Å². The van der Waals surface area contributed by atoms with Crippen LogP contribution in [0.2, 0.25) is 0 Å². The fraction of sp³-hybridized carbons (Fsp3) is 0.722. The molecule has 0 aromatic carbocycles. The number of thioether (sulfide) groups is 1. The zero-order chi connectivity index (χ0) is 18.7. The van der Waals surface area contributed by atoms with Gasteiger partial charge in [-0.15, -0.1) is 0 Å². The summed E-state index contributed by atoms with van der Waals surface area (Å²) in [4.78, 5) is 24.7. The molecule has 1 aromatic rings. The Bertz CT molecular complexity index is 675. The van der Waals surface area contributed by atoms with Crippen LogP contribution in [0.25, 0.3) is 0 Å². The smallest absolute Gasteiger partial charge is 0.241 e. The van der Waals surface area contributed by atoms with E-state index in [2.05, 4.69) is 15.7 Å². The topological polar surface area (TPSA) is 85.2 Å². The Balaban J connectivity index is 1.64. The van der Waals surface area contributed by atoms with Crippen molar-refractivity contribution in [3.63, 3.8) is 0 Å². The number of amides is 2. The molecule has 2 aliphatic rings. The summed E-state index contributed by atoms with van der Waals surface area (Å²) in [5.74, 6) is 2.16. The first kappa shape index (κ1) is 19.2. The summed E-state index contributed by atoms with van der Waals surface area (Å²) >= 11 is 1.77. The predicted octanol–water partition coefficient (Wildman–Crippen LogP) is 2.30. The Kier molecular flexibility index (Phi) is 5.92. The van der Waals surface area contributed by atoms with Gasteiger partial charge in [0, 0.05) is 36.6 Å². The van der Waals surface area contributed by atoms with Gasteiger partial charge in [0.25, 0.3) is 0 Å². The van der Waals surface area contributed by atoms with E-state index in [0.717, 1.165) is 42.2 Å². The number of ether oxygens (including phenoxy) is 1. The summed E-state index contributed by atoms with van der Waals surface area (Å²) in [6.07, 6.45) is 2.57. The van der Waals surface area contributed by atoms with Crippen molar-refractivity contribution in [3.05, 3.63) is 11.3 Å².